The summed E-state index contributed by atoms with van der Waals surface area (Å²) in [7, 11) is 2.95. The maximum atomic E-state index is 14.0. The van der Waals surface area contributed by atoms with E-state index < -0.39 is 12.0 Å². The topological polar surface area (TPSA) is 87.7 Å². The summed E-state index contributed by atoms with van der Waals surface area (Å²) in [5, 5.41) is 6.82. The molecule has 5 aromatic rings. The molecular weight excluding hydrogens is 624 g/mol. The van der Waals surface area contributed by atoms with Crippen molar-refractivity contribution in [3.63, 3.8) is 0 Å². The minimum Gasteiger partial charge on any atom is -0.496 e. The summed E-state index contributed by atoms with van der Waals surface area (Å²) in [5.74, 6) is 0.201. The van der Waals surface area contributed by atoms with Crippen LogP contribution < -0.4 is 19.6 Å². The fraction of sp³-hybridized carbons (Fsp3) is 0.133. The lowest BCUT2D eigenvalue weighted by Crippen LogP contribution is -2.39. The van der Waals surface area contributed by atoms with Gasteiger partial charge in [-0.1, -0.05) is 35.6 Å². The number of ether oxygens (including phenoxy) is 2. The molecule has 0 bridgehead atoms. The molecule has 1 aliphatic rings. The first kappa shape index (κ1) is 27.1. The first-order valence-electron chi connectivity index (χ1n) is 12.5. The standard InChI is InChI=1S/C30H23BrN4O4S2/c1-17-25(29(37)39-3)27(23-10-7-13-40-23)35-28(36)24(41-30(35)32-17)15-19-16-34(20-8-5-4-6-9-20)33-26(19)18-11-12-22(38-2)21(31)14-18/h4-16,27H,1-3H3/b24-15-/t27-/m1/s1. The molecule has 6 rings (SSSR count). The van der Waals surface area contributed by atoms with E-state index in [1.807, 2.05) is 78.3 Å². The summed E-state index contributed by atoms with van der Waals surface area (Å²) >= 11 is 6.34. The second-order valence-electron chi connectivity index (χ2n) is 9.15. The smallest absolute Gasteiger partial charge is 0.338 e. The fourth-order valence-electron chi connectivity index (χ4n) is 4.79. The van der Waals surface area contributed by atoms with Gasteiger partial charge in [0.2, 0.25) is 0 Å². The van der Waals surface area contributed by atoms with Gasteiger partial charge in [-0.2, -0.15) is 5.10 Å². The number of halogens is 1. The highest BCUT2D eigenvalue weighted by Gasteiger charge is 2.33. The van der Waals surface area contributed by atoms with Crippen molar-refractivity contribution in [3.05, 3.63) is 118 Å². The molecule has 3 aromatic heterocycles. The number of carbonyl (C=O) groups excluding carboxylic acids is 1. The molecule has 0 fully saturated rings. The third-order valence-corrected chi connectivity index (χ3v) is 9.24. The van der Waals surface area contributed by atoms with E-state index >= 15 is 0 Å². The van der Waals surface area contributed by atoms with Crippen molar-refractivity contribution in [2.24, 2.45) is 4.99 Å². The Labute approximate surface area is 251 Å². The number of fused-ring (bicyclic) bond motifs is 1. The van der Waals surface area contributed by atoms with E-state index in [1.54, 1.807) is 23.3 Å². The number of rotatable bonds is 6. The predicted octanol–water partition coefficient (Wildman–Crippen LogP) is 5.09. The number of esters is 1. The van der Waals surface area contributed by atoms with Crippen LogP contribution in [-0.4, -0.2) is 34.5 Å². The highest BCUT2D eigenvalue weighted by atomic mass is 79.9. The molecule has 0 spiro atoms. The van der Waals surface area contributed by atoms with E-state index in [-0.39, 0.29) is 5.56 Å². The molecule has 2 aromatic carbocycles. The Balaban J connectivity index is 1.56. The van der Waals surface area contributed by atoms with E-state index in [0.717, 1.165) is 26.2 Å². The second-order valence-corrected chi connectivity index (χ2v) is 12.0. The van der Waals surface area contributed by atoms with Crippen LogP contribution in [0.3, 0.4) is 0 Å². The normalized spacial score (nSPS) is 15.0. The summed E-state index contributed by atoms with van der Waals surface area (Å²) in [5.41, 5.74) is 3.84. The highest BCUT2D eigenvalue weighted by Crippen LogP contribution is 2.34. The minimum atomic E-state index is -0.620. The number of aromatic nitrogens is 3. The quantitative estimate of drug-likeness (QED) is 0.240. The lowest BCUT2D eigenvalue weighted by atomic mass is 10.0. The molecule has 206 valence electrons. The Kier molecular flexibility index (Phi) is 7.33. The van der Waals surface area contributed by atoms with Crippen LogP contribution >= 0.6 is 38.6 Å². The molecule has 0 N–H and O–H groups in total. The highest BCUT2D eigenvalue weighted by molar-refractivity contribution is 9.10. The van der Waals surface area contributed by atoms with E-state index in [4.69, 9.17) is 14.6 Å². The van der Waals surface area contributed by atoms with Gasteiger partial charge in [0.15, 0.2) is 4.80 Å². The van der Waals surface area contributed by atoms with Gasteiger partial charge in [-0.3, -0.25) is 9.36 Å². The number of allylic oxidation sites excluding steroid dienone is 1. The van der Waals surface area contributed by atoms with Crippen LogP contribution in [-0.2, 0) is 9.53 Å². The van der Waals surface area contributed by atoms with Crippen LogP contribution in [0.2, 0.25) is 0 Å². The minimum absolute atomic E-state index is 0.240. The molecule has 0 unspecified atom stereocenters. The van der Waals surface area contributed by atoms with Crippen molar-refractivity contribution < 1.29 is 14.3 Å². The first-order chi connectivity index (χ1) is 19.9. The third kappa shape index (κ3) is 4.90. The molecule has 41 heavy (non-hydrogen) atoms. The van der Waals surface area contributed by atoms with Gasteiger partial charge in [0.05, 0.1) is 40.2 Å². The largest absolute Gasteiger partial charge is 0.496 e. The van der Waals surface area contributed by atoms with Gasteiger partial charge < -0.3 is 9.47 Å². The van der Waals surface area contributed by atoms with Crippen LogP contribution in [0.1, 0.15) is 23.4 Å². The van der Waals surface area contributed by atoms with Crippen LogP contribution in [0.5, 0.6) is 5.75 Å². The fourth-order valence-corrected chi connectivity index (χ4v) is 7.20. The van der Waals surface area contributed by atoms with Gasteiger partial charge in [0.1, 0.15) is 17.5 Å². The Morgan fingerprint density at radius 2 is 1.90 bits per heavy atom. The molecule has 0 saturated carbocycles. The number of benzene rings is 2. The Hall–Kier alpha value is -4.06. The van der Waals surface area contributed by atoms with Crippen LogP contribution in [0.4, 0.5) is 0 Å². The number of thiophene rings is 1. The monoisotopic (exact) mass is 646 g/mol. The van der Waals surface area contributed by atoms with Crippen LogP contribution in [0.25, 0.3) is 23.0 Å². The predicted molar refractivity (Wildman–Crippen MR) is 163 cm³/mol. The van der Waals surface area contributed by atoms with Crippen LogP contribution in [0, 0.1) is 0 Å². The van der Waals surface area contributed by atoms with Gasteiger partial charge in [0, 0.05) is 22.2 Å². The number of para-hydroxylation sites is 1. The van der Waals surface area contributed by atoms with E-state index in [1.165, 1.54) is 29.8 Å². The summed E-state index contributed by atoms with van der Waals surface area (Å²) in [6.45, 7) is 1.77. The Morgan fingerprint density at radius 1 is 1.10 bits per heavy atom. The third-order valence-electron chi connectivity index (χ3n) is 6.71. The molecule has 11 heteroatoms. The molecule has 0 radical (unpaired) electrons. The summed E-state index contributed by atoms with van der Waals surface area (Å²) in [4.78, 5) is 32.9. The van der Waals surface area contributed by atoms with E-state index in [2.05, 4.69) is 20.9 Å². The van der Waals surface area contributed by atoms with Crippen molar-refractivity contribution in [3.8, 4) is 22.7 Å². The maximum Gasteiger partial charge on any atom is 0.338 e. The van der Waals surface area contributed by atoms with Crippen molar-refractivity contribution in [1.29, 1.82) is 0 Å². The number of hydrogen-bond donors (Lipinski definition) is 0. The first-order valence-corrected chi connectivity index (χ1v) is 15.0. The lowest BCUT2D eigenvalue weighted by molar-refractivity contribution is -0.136. The number of hydrogen-bond acceptors (Lipinski definition) is 8. The van der Waals surface area contributed by atoms with Crippen molar-refractivity contribution in [1.82, 2.24) is 14.3 Å². The number of nitrogens with zero attached hydrogens (tertiary/aromatic N) is 4. The SMILES string of the molecule is COC(=O)C1=C(C)N=c2s/c(=C\c3cn(-c4ccccc4)nc3-c3ccc(OC)c(Br)c3)c(=O)n2[C@@H]1c1cccs1. The summed E-state index contributed by atoms with van der Waals surface area (Å²) in [6.07, 6.45) is 3.75. The van der Waals surface area contributed by atoms with E-state index in [9.17, 15) is 9.59 Å². The zero-order valence-electron chi connectivity index (χ0n) is 22.2. The van der Waals surface area contributed by atoms with Gasteiger partial charge in [-0.05, 0) is 70.7 Å². The van der Waals surface area contributed by atoms with Gasteiger partial charge >= 0.3 is 5.97 Å². The average Bonchev–Trinajstić information content (AvgIpc) is 3.73. The number of carbonyl (C=O) groups is 1. The molecule has 1 aliphatic heterocycles. The number of methoxy groups -OCH3 is 2. The molecule has 4 heterocycles. The average molecular weight is 648 g/mol. The van der Waals surface area contributed by atoms with Gasteiger partial charge in [-0.15, -0.1) is 11.3 Å². The Morgan fingerprint density at radius 3 is 2.59 bits per heavy atom. The molecule has 1 atom stereocenters. The second kappa shape index (κ2) is 11.1. The summed E-state index contributed by atoms with van der Waals surface area (Å²) in [6, 6.07) is 18.7. The maximum absolute atomic E-state index is 14.0. The molecule has 0 aliphatic carbocycles. The number of thiazole rings is 1. The molecule has 0 amide bonds. The summed E-state index contributed by atoms with van der Waals surface area (Å²) < 4.78 is 15.2. The zero-order chi connectivity index (χ0) is 28.7. The van der Waals surface area contributed by atoms with Gasteiger partial charge in [-0.25, -0.2) is 14.5 Å². The zero-order valence-corrected chi connectivity index (χ0v) is 25.4. The van der Waals surface area contributed by atoms with Crippen molar-refractivity contribution in [2.75, 3.05) is 14.2 Å². The van der Waals surface area contributed by atoms with Crippen molar-refractivity contribution in [2.45, 2.75) is 13.0 Å². The molecule has 8 nitrogen and oxygen atoms in total. The van der Waals surface area contributed by atoms with Crippen molar-refractivity contribution >= 4 is 50.6 Å². The lowest BCUT2D eigenvalue weighted by Gasteiger charge is -2.22. The molecule has 0 saturated heterocycles. The molecular formula is C30H23BrN4O4S2. The van der Waals surface area contributed by atoms with Gasteiger partial charge in [0.25, 0.3) is 5.56 Å². The van der Waals surface area contributed by atoms with E-state index in [0.29, 0.717) is 32.0 Å². The van der Waals surface area contributed by atoms with Crippen LogP contribution in [0.15, 0.2) is 97.8 Å². The Bertz CT molecular complexity index is 1990.